The van der Waals surface area contributed by atoms with Gasteiger partial charge in [-0.15, -0.1) is 0 Å². The molecule has 1 aromatic heterocycles. The van der Waals surface area contributed by atoms with Crippen molar-refractivity contribution < 1.29 is 19.7 Å². The minimum Gasteiger partial charge on any atom is -0.493 e. The third-order valence-corrected chi connectivity index (χ3v) is 5.53. The molecule has 3 N–H and O–H groups in total. The molecule has 1 aliphatic heterocycles. The number of aromatic nitrogens is 1. The van der Waals surface area contributed by atoms with Crippen molar-refractivity contribution in [2.75, 3.05) is 30.4 Å². The Morgan fingerprint density at radius 2 is 1.88 bits per heavy atom. The van der Waals surface area contributed by atoms with E-state index < -0.39 is 6.29 Å². The van der Waals surface area contributed by atoms with Crippen molar-refractivity contribution >= 4 is 17.1 Å². The zero-order valence-corrected chi connectivity index (χ0v) is 18.5. The van der Waals surface area contributed by atoms with Crippen LogP contribution in [-0.2, 0) is 0 Å². The Labute approximate surface area is 188 Å². The van der Waals surface area contributed by atoms with E-state index in [0.29, 0.717) is 24.4 Å². The van der Waals surface area contributed by atoms with Crippen molar-refractivity contribution in [1.29, 1.82) is 0 Å². The maximum Gasteiger partial charge on any atom is 0.180 e. The Morgan fingerprint density at radius 3 is 2.59 bits per heavy atom. The Hall–Kier alpha value is -3.29. The molecule has 3 aromatic rings. The molecular formula is C25H29N3O4. The van der Waals surface area contributed by atoms with E-state index in [1.807, 2.05) is 45.2 Å². The Kier molecular flexibility index (Phi) is 6.48. The second kappa shape index (κ2) is 9.46. The number of nitrogens with zero attached hydrogens (tertiary/aromatic N) is 2. The summed E-state index contributed by atoms with van der Waals surface area (Å²) in [6, 6.07) is 15.9. The molecule has 2 heterocycles. The normalized spacial score (nSPS) is 14.9. The van der Waals surface area contributed by atoms with Gasteiger partial charge in [0, 0.05) is 54.3 Å². The van der Waals surface area contributed by atoms with E-state index in [-0.39, 0.29) is 12.0 Å². The van der Waals surface area contributed by atoms with E-state index in [1.165, 1.54) is 6.20 Å². The molecule has 7 nitrogen and oxygen atoms in total. The van der Waals surface area contributed by atoms with Crippen LogP contribution >= 0.6 is 0 Å². The fraction of sp³-hybridized carbons (Fsp3) is 0.320. The molecule has 0 saturated heterocycles. The van der Waals surface area contributed by atoms with Crippen LogP contribution in [0.3, 0.4) is 0 Å². The number of ether oxygens (including phenoxy) is 2. The van der Waals surface area contributed by atoms with Crippen molar-refractivity contribution in [1.82, 2.24) is 4.98 Å². The fourth-order valence-corrected chi connectivity index (χ4v) is 3.82. The lowest BCUT2D eigenvalue weighted by Crippen LogP contribution is -2.15. The van der Waals surface area contributed by atoms with E-state index in [9.17, 15) is 10.2 Å². The summed E-state index contributed by atoms with van der Waals surface area (Å²) in [5.41, 5.74) is 4.24. The highest BCUT2D eigenvalue weighted by Gasteiger charge is 2.25. The molecule has 0 aliphatic carbocycles. The molecule has 2 aromatic carbocycles. The summed E-state index contributed by atoms with van der Waals surface area (Å²) < 4.78 is 11.7. The van der Waals surface area contributed by atoms with Gasteiger partial charge in [-0.3, -0.25) is 4.98 Å². The number of anilines is 3. The van der Waals surface area contributed by atoms with Gasteiger partial charge in [-0.2, -0.15) is 0 Å². The molecule has 0 unspecified atom stereocenters. The number of rotatable bonds is 8. The van der Waals surface area contributed by atoms with Crippen molar-refractivity contribution in [3.63, 3.8) is 0 Å². The second-order valence-corrected chi connectivity index (χ2v) is 8.17. The molecule has 0 radical (unpaired) electrons. The van der Waals surface area contributed by atoms with Gasteiger partial charge < -0.3 is 29.9 Å². The third-order valence-electron chi connectivity index (χ3n) is 5.53. The highest BCUT2D eigenvalue weighted by Crippen LogP contribution is 2.38. The largest absolute Gasteiger partial charge is 0.493 e. The van der Waals surface area contributed by atoms with E-state index in [1.54, 1.807) is 12.3 Å². The summed E-state index contributed by atoms with van der Waals surface area (Å²) in [7, 11) is 2.03. The number of pyridine rings is 1. The number of aliphatic hydroxyl groups is 2. The van der Waals surface area contributed by atoms with Crippen LogP contribution in [0.2, 0.25) is 0 Å². The second-order valence-electron chi connectivity index (χ2n) is 8.17. The SMILES string of the molecule is CC(C)Oc1ccc(N(C)c2ccc3c(c2)OC[C@H]3CNc2cnccc2C(O)O)cc1. The van der Waals surface area contributed by atoms with Gasteiger partial charge in [-0.05, 0) is 50.2 Å². The van der Waals surface area contributed by atoms with Crippen molar-refractivity contribution in [3.8, 4) is 11.5 Å². The minimum absolute atomic E-state index is 0.147. The van der Waals surface area contributed by atoms with E-state index in [0.717, 1.165) is 28.4 Å². The summed E-state index contributed by atoms with van der Waals surface area (Å²) in [5.74, 6) is 1.88. The average Bonchev–Trinajstić information content (AvgIpc) is 3.19. The molecule has 0 spiro atoms. The maximum atomic E-state index is 9.54. The number of hydrogen-bond donors (Lipinski definition) is 3. The van der Waals surface area contributed by atoms with Gasteiger partial charge in [0.1, 0.15) is 11.5 Å². The molecule has 7 heteroatoms. The van der Waals surface area contributed by atoms with Gasteiger partial charge in [0.2, 0.25) is 0 Å². The first-order chi connectivity index (χ1) is 15.4. The predicted molar refractivity (Wildman–Crippen MR) is 125 cm³/mol. The number of fused-ring (bicyclic) bond motifs is 1. The highest BCUT2D eigenvalue weighted by molar-refractivity contribution is 5.66. The van der Waals surface area contributed by atoms with E-state index in [2.05, 4.69) is 33.4 Å². The van der Waals surface area contributed by atoms with Crippen molar-refractivity contribution in [2.45, 2.75) is 32.2 Å². The highest BCUT2D eigenvalue weighted by atomic mass is 16.5. The molecule has 1 aliphatic rings. The first-order valence-corrected chi connectivity index (χ1v) is 10.7. The first kappa shape index (κ1) is 21.9. The van der Waals surface area contributed by atoms with Crippen LogP contribution in [-0.4, -0.2) is 41.5 Å². The summed E-state index contributed by atoms with van der Waals surface area (Å²) in [4.78, 5) is 6.18. The van der Waals surface area contributed by atoms with Gasteiger partial charge in [0.05, 0.1) is 24.6 Å². The predicted octanol–water partition coefficient (Wildman–Crippen LogP) is 4.21. The standard InChI is InChI=1S/C25H29N3O4/c1-16(2)32-20-7-4-18(5-8-20)28(3)19-6-9-21-17(15-31-24(21)12-19)13-27-23-14-26-11-10-22(23)25(29)30/h4-12,14,16-17,25,27,29-30H,13,15H2,1-3H3/t17-/m1/s1. The maximum absolute atomic E-state index is 9.54. The first-order valence-electron chi connectivity index (χ1n) is 10.7. The van der Waals surface area contributed by atoms with Crippen LogP contribution in [0.5, 0.6) is 11.5 Å². The number of hydrogen-bond acceptors (Lipinski definition) is 7. The average molecular weight is 436 g/mol. The molecule has 32 heavy (non-hydrogen) atoms. The smallest absolute Gasteiger partial charge is 0.180 e. The van der Waals surface area contributed by atoms with E-state index >= 15 is 0 Å². The summed E-state index contributed by atoms with van der Waals surface area (Å²) in [6.45, 7) is 5.19. The molecule has 168 valence electrons. The fourth-order valence-electron chi connectivity index (χ4n) is 3.82. The van der Waals surface area contributed by atoms with Crippen LogP contribution < -0.4 is 19.7 Å². The molecule has 4 rings (SSSR count). The Bertz CT molecular complexity index is 1050. The van der Waals surface area contributed by atoms with Crippen LogP contribution in [0.1, 0.15) is 37.2 Å². The lowest BCUT2D eigenvalue weighted by molar-refractivity contribution is -0.0419. The Morgan fingerprint density at radius 1 is 1.12 bits per heavy atom. The Balaban J connectivity index is 1.44. The van der Waals surface area contributed by atoms with Crippen molar-refractivity contribution in [3.05, 3.63) is 72.1 Å². The lowest BCUT2D eigenvalue weighted by Gasteiger charge is -2.21. The number of benzene rings is 2. The van der Waals surface area contributed by atoms with Crippen LogP contribution in [0.25, 0.3) is 0 Å². The molecule has 0 fully saturated rings. The van der Waals surface area contributed by atoms with Gasteiger partial charge in [-0.25, -0.2) is 0 Å². The minimum atomic E-state index is -1.54. The van der Waals surface area contributed by atoms with Gasteiger partial charge in [0.15, 0.2) is 6.29 Å². The monoisotopic (exact) mass is 435 g/mol. The third kappa shape index (κ3) is 4.79. The quantitative estimate of drug-likeness (QED) is 0.457. The van der Waals surface area contributed by atoms with Gasteiger partial charge in [0.25, 0.3) is 0 Å². The van der Waals surface area contributed by atoms with E-state index in [4.69, 9.17) is 9.47 Å². The summed E-state index contributed by atoms with van der Waals surface area (Å²) >= 11 is 0. The van der Waals surface area contributed by atoms with Gasteiger partial charge in [-0.1, -0.05) is 6.07 Å². The lowest BCUT2D eigenvalue weighted by atomic mass is 10.0. The number of aliphatic hydroxyl groups excluding tert-OH is 1. The number of nitrogens with one attached hydrogen (secondary N) is 1. The molecule has 0 saturated carbocycles. The van der Waals surface area contributed by atoms with Crippen LogP contribution in [0.4, 0.5) is 17.1 Å². The van der Waals surface area contributed by atoms with Gasteiger partial charge >= 0.3 is 0 Å². The molecule has 1 atom stereocenters. The zero-order valence-electron chi connectivity index (χ0n) is 18.5. The van der Waals surface area contributed by atoms with Crippen LogP contribution in [0.15, 0.2) is 60.9 Å². The summed E-state index contributed by atoms with van der Waals surface area (Å²) in [5, 5.41) is 22.3. The van der Waals surface area contributed by atoms with Crippen LogP contribution in [0, 0.1) is 0 Å². The van der Waals surface area contributed by atoms with Crippen molar-refractivity contribution in [2.24, 2.45) is 0 Å². The molecule has 0 bridgehead atoms. The molecular weight excluding hydrogens is 406 g/mol. The topological polar surface area (TPSA) is 87.1 Å². The zero-order chi connectivity index (χ0) is 22.7. The molecule has 0 amide bonds. The summed E-state index contributed by atoms with van der Waals surface area (Å²) in [6.07, 6.45) is 1.74.